The van der Waals surface area contributed by atoms with Crippen LogP contribution in [0.1, 0.15) is 0 Å². The van der Waals surface area contributed by atoms with Crippen LogP contribution in [0.5, 0.6) is 23.0 Å². The molecule has 2 rings (SSSR count). The molecule has 2 aromatic carbocycles. The van der Waals surface area contributed by atoms with Gasteiger partial charge in [-0.25, -0.2) is 0 Å². The lowest BCUT2D eigenvalue weighted by Gasteiger charge is -2.05. The van der Waals surface area contributed by atoms with Crippen molar-refractivity contribution in [1.82, 2.24) is 0 Å². The Morgan fingerprint density at radius 3 is 2.09 bits per heavy atom. The maximum atomic E-state index is 11.1. The molecule has 0 saturated heterocycles. The third-order valence-corrected chi connectivity index (χ3v) is 3.76. The zero-order valence-electron chi connectivity index (χ0n) is 11.0. The highest BCUT2D eigenvalue weighted by Gasteiger charge is 2.20. The number of benzene rings is 2. The number of halogens is 1. The van der Waals surface area contributed by atoms with Crippen molar-refractivity contribution in [3.63, 3.8) is 0 Å². The minimum atomic E-state index is -4.74. The van der Waals surface area contributed by atoms with Crippen LogP contribution >= 0.6 is 11.6 Å². The maximum Gasteiger partial charge on any atom is 0.298 e. The second kappa shape index (κ2) is 5.91. The van der Waals surface area contributed by atoms with E-state index in [1.807, 2.05) is 0 Å². The van der Waals surface area contributed by atoms with Crippen molar-refractivity contribution in [1.29, 1.82) is 0 Å². The number of hydrogen-bond acceptors (Lipinski definition) is 8. The van der Waals surface area contributed by atoms with E-state index in [0.717, 1.165) is 24.3 Å². The van der Waals surface area contributed by atoms with Gasteiger partial charge in [0, 0.05) is 5.02 Å². The minimum absolute atomic E-state index is 0.151. The molecule has 0 aliphatic carbocycles. The Morgan fingerprint density at radius 2 is 1.48 bits per heavy atom. The largest absolute Gasteiger partial charge is 0.504 e. The molecule has 0 radical (unpaired) electrons. The van der Waals surface area contributed by atoms with Crippen molar-refractivity contribution in [2.24, 2.45) is 10.2 Å². The summed E-state index contributed by atoms with van der Waals surface area (Å²) >= 11 is 5.68. The molecule has 0 spiro atoms. The molecule has 0 aliphatic heterocycles. The van der Waals surface area contributed by atoms with Crippen molar-refractivity contribution in [2.45, 2.75) is 4.90 Å². The lowest BCUT2D eigenvalue weighted by molar-refractivity contribution is 0.368. The molecule has 11 heteroatoms. The summed E-state index contributed by atoms with van der Waals surface area (Å²) < 4.78 is 31.3. The van der Waals surface area contributed by atoms with Crippen LogP contribution in [0.15, 0.2) is 39.4 Å². The van der Waals surface area contributed by atoms with E-state index in [2.05, 4.69) is 10.2 Å². The monoisotopic (exact) mass is 360 g/mol. The van der Waals surface area contributed by atoms with Gasteiger partial charge in [-0.1, -0.05) is 11.6 Å². The van der Waals surface area contributed by atoms with Gasteiger partial charge in [-0.15, -0.1) is 10.2 Å². The van der Waals surface area contributed by atoms with Gasteiger partial charge in [-0.05, 0) is 24.3 Å². The van der Waals surface area contributed by atoms with E-state index >= 15 is 0 Å². The Bertz CT molecular complexity index is 912. The first-order chi connectivity index (χ1) is 10.6. The first-order valence-corrected chi connectivity index (χ1v) is 7.58. The number of aromatic hydroxyl groups is 4. The fraction of sp³-hybridized carbons (Fsp3) is 0. The Labute approximate surface area is 134 Å². The molecule has 0 unspecified atom stereocenters. The zero-order chi connectivity index (χ0) is 17.4. The molecule has 5 N–H and O–H groups in total. The standard InChI is InChI=1S/C12H9ClN2O7S/c13-5-3-7(10(17)9(4-5)23(20,21)22)15-14-6-1-2-8(16)12(19)11(6)18/h1-4,16-19H,(H,20,21,22). The first-order valence-electron chi connectivity index (χ1n) is 5.77. The average molecular weight is 361 g/mol. The number of hydrogen-bond donors (Lipinski definition) is 5. The van der Waals surface area contributed by atoms with Crippen LogP contribution in [0, 0.1) is 0 Å². The predicted octanol–water partition coefficient (Wildman–Crippen LogP) is 2.82. The van der Waals surface area contributed by atoms with Gasteiger partial charge in [-0.2, -0.15) is 8.42 Å². The quantitative estimate of drug-likeness (QED) is 0.319. The molecule has 0 saturated carbocycles. The van der Waals surface area contributed by atoms with Crippen molar-refractivity contribution < 1.29 is 33.4 Å². The van der Waals surface area contributed by atoms with Gasteiger partial charge in [0.25, 0.3) is 10.1 Å². The third kappa shape index (κ3) is 3.44. The Morgan fingerprint density at radius 1 is 0.870 bits per heavy atom. The smallest absolute Gasteiger partial charge is 0.298 e. The van der Waals surface area contributed by atoms with Gasteiger partial charge in [0.05, 0.1) is 0 Å². The minimum Gasteiger partial charge on any atom is -0.504 e. The SMILES string of the molecule is O=S(=O)(O)c1cc(Cl)cc(N=Nc2ccc(O)c(O)c2O)c1O. The van der Waals surface area contributed by atoms with E-state index in [9.17, 15) is 28.8 Å². The molecule has 0 heterocycles. The highest BCUT2D eigenvalue weighted by atomic mass is 35.5. The summed E-state index contributed by atoms with van der Waals surface area (Å²) in [5.74, 6) is -3.08. The van der Waals surface area contributed by atoms with Crippen LogP contribution in [0.3, 0.4) is 0 Å². The normalized spacial score (nSPS) is 11.9. The molecule has 9 nitrogen and oxygen atoms in total. The first kappa shape index (κ1) is 16.8. The molecule has 0 fully saturated rings. The lowest BCUT2D eigenvalue weighted by Crippen LogP contribution is -1.98. The average Bonchev–Trinajstić information content (AvgIpc) is 2.46. The van der Waals surface area contributed by atoms with Gasteiger partial charge in [0.1, 0.15) is 16.3 Å². The highest BCUT2D eigenvalue weighted by molar-refractivity contribution is 7.86. The van der Waals surface area contributed by atoms with Gasteiger partial charge in [0.2, 0.25) is 5.75 Å². The van der Waals surface area contributed by atoms with E-state index < -0.39 is 43.7 Å². The molecule has 0 atom stereocenters. The highest BCUT2D eigenvalue weighted by Crippen LogP contribution is 2.43. The number of phenols is 4. The lowest BCUT2D eigenvalue weighted by atomic mass is 10.2. The summed E-state index contributed by atoms with van der Waals surface area (Å²) in [5.41, 5.74) is -0.676. The molecule has 122 valence electrons. The molecule has 0 aliphatic rings. The molecular weight excluding hydrogens is 352 g/mol. The van der Waals surface area contributed by atoms with Crippen LogP contribution in [-0.4, -0.2) is 33.4 Å². The van der Waals surface area contributed by atoms with Gasteiger partial charge in [-0.3, -0.25) is 4.55 Å². The van der Waals surface area contributed by atoms with Crippen LogP contribution in [0.4, 0.5) is 11.4 Å². The summed E-state index contributed by atoms with van der Waals surface area (Å²) in [6.45, 7) is 0. The fourth-order valence-corrected chi connectivity index (χ4v) is 2.48. The summed E-state index contributed by atoms with van der Waals surface area (Å²) in [7, 11) is -4.74. The topological polar surface area (TPSA) is 160 Å². The zero-order valence-corrected chi connectivity index (χ0v) is 12.6. The number of phenolic OH excluding ortho intramolecular Hbond substituents is 4. The Balaban J connectivity index is 2.53. The molecule has 23 heavy (non-hydrogen) atoms. The number of azo groups is 1. The molecule has 0 aromatic heterocycles. The second-order valence-corrected chi connectivity index (χ2v) is 6.07. The maximum absolute atomic E-state index is 11.1. The summed E-state index contributed by atoms with van der Waals surface area (Å²) in [6.07, 6.45) is 0. The molecular formula is C12H9ClN2O7S. The second-order valence-electron chi connectivity index (χ2n) is 4.25. The molecule has 2 aromatic rings. The van der Waals surface area contributed by atoms with E-state index in [4.69, 9.17) is 16.2 Å². The summed E-state index contributed by atoms with van der Waals surface area (Å²) in [5, 5.41) is 44.8. The van der Waals surface area contributed by atoms with Crippen molar-refractivity contribution >= 4 is 33.1 Å². The van der Waals surface area contributed by atoms with E-state index in [1.165, 1.54) is 0 Å². The van der Waals surface area contributed by atoms with Crippen molar-refractivity contribution in [2.75, 3.05) is 0 Å². The number of nitrogens with zero attached hydrogens (tertiary/aromatic N) is 2. The van der Waals surface area contributed by atoms with E-state index in [0.29, 0.717) is 0 Å². The van der Waals surface area contributed by atoms with Gasteiger partial charge < -0.3 is 20.4 Å². The number of rotatable bonds is 3. The summed E-state index contributed by atoms with van der Waals surface area (Å²) in [6, 6.07) is 4.02. The van der Waals surface area contributed by atoms with Crippen LogP contribution in [0.2, 0.25) is 5.02 Å². The van der Waals surface area contributed by atoms with Crippen LogP contribution in [-0.2, 0) is 10.1 Å². The van der Waals surface area contributed by atoms with Crippen LogP contribution in [0.25, 0.3) is 0 Å². The van der Waals surface area contributed by atoms with Gasteiger partial charge in [0.15, 0.2) is 17.2 Å². The van der Waals surface area contributed by atoms with Crippen LogP contribution < -0.4 is 0 Å². The van der Waals surface area contributed by atoms with E-state index in [-0.39, 0.29) is 10.7 Å². The van der Waals surface area contributed by atoms with Gasteiger partial charge >= 0.3 is 0 Å². The summed E-state index contributed by atoms with van der Waals surface area (Å²) in [4.78, 5) is -0.864. The fourth-order valence-electron chi connectivity index (χ4n) is 1.58. The molecule has 0 amide bonds. The Hall–Kier alpha value is -2.56. The third-order valence-electron chi connectivity index (χ3n) is 2.67. The van der Waals surface area contributed by atoms with Crippen molar-refractivity contribution in [3.8, 4) is 23.0 Å². The Kier molecular flexibility index (Phi) is 4.32. The van der Waals surface area contributed by atoms with E-state index in [1.54, 1.807) is 0 Å². The predicted molar refractivity (Wildman–Crippen MR) is 78.5 cm³/mol. The molecule has 0 bridgehead atoms. The van der Waals surface area contributed by atoms with Crippen molar-refractivity contribution in [3.05, 3.63) is 29.3 Å².